The van der Waals surface area contributed by atoms with Crippen LogP contribution in [0.3, 0.4) is 0 Å². The first-order valence-electron chi connectivity index (χ1n) is 7.67. The topological polar surface area (TPSA) is 58.2 Å². The Kier molecular flexibility index (Phi) is 5.52. The lowest BCUT2D eigenvalue weighted by Gasteiger charge is -2.16. The highest BCUT2D eigenvalue weighted by molar-refractivity contribution is 5.96. The molecule has 2 rings (SSSR count). The van der Waals surface area contributed by atoms with E-state index in [-0.39, 0.29) is 24.4 Å². The van der Waals surface area contributed by atoms with Gasteiger partial charge < -0.3 is 10.6 Å². The van der Waals surface area contributed by atoms with Gasteiger partial charge in [-0.05, 0) is 44.0 Å². The first-order valence-corrected chi connectivity index (χ1v) is 7.67. The smallest absolute Gasteiger partial charge is 0.251 e. The van der Waals surface area contributed by atoms with Gasteiger partial charge in [-0.1, -0.05) is 42.0 Å². The van der Waals surface area contributed by atoms with E-state index in [2.05, 4.69) is 10.6 Å². The Morgan fingerprint density at radius 2 is 1.78 bits per heavy atom. The molecule has 1 atom stereocenters. The highest BCUT2D eigenvalue weighted by Gasteiger charge is 2.12. The molecule has 0 aromatic heterocycles. The molecule has 4 heteroatoms. The third-order valence-electron chi connectivity index (χ3n) is 3.72. The molecule has 0 radical (unpaired) electrons. The number of carbonyl (C=O) groups is 2. The molecular formula is C19H22N2O2. The molecule has 0 aliphatic heterocycles. The Hall–Kier alpha value is -2.62. The van der Waals surface area contributed by atoms with E-state index in [0.717, 1.165) is 16.7 Å². The van der Waals surface area contributed by atoms with Crippen LogP contribution in [0.25, 0.3) is 0 Å². The highest BCUT2D eigenvalue weighted by atomic mass is 16.2. The van der Waals surface area contributed by atoms with E-state index in [1.807, 2.05) is 57.2 Å². The molecule has 23 heavy (non-hydrogen) atoms. The minimum atomic E-state index is -0.243. The summed E-state index contributed by atoms with van der Waals surface area (Å²) in [6, 6.07) is 15.1. The SMILES string of the molecule is Cc1cccc(C(=O)NCC(=O)NC(C)c2ccccc2C)c1. The number of aryl methyl sites for hydroxylation is 2. The standard InChI is InChI=1S/C19H22N2O2/c1-13-7-6-9-16(11-13)19(23)20-12-18(22)21-15(3)17-10-5-4-8-14(17)2/h4-11,15H,12H2,1-3H3,(H,20,23)(H,21,22). The van der Waals surface area contributed by atoms with E-state index in [1.54, 1.807) is 12.1 Å². The first kappa shape index (κ1) is 16.7. The molecule has 4 nitrogen and oxygen atoms in total. The fraction of sp³-hybridized carbons (Fsp3) is 0.263. The lowest BCUT2D eigenvalue weighted by atomic mass is 10.0. The maximum absolute atomic E-state index is 12.0. The third kappa shape index (κ3) is 4.68. The van der Waals surface area contributed by atoms with Crippen LogP contribution in [-0.2, 0) is 4.79 Å². The zero-order chi connectivity index (χ0) is 16.8. The molecule has 0 fully saturated rings. The number of hydrogen-bond acceptors (Lipinski definition) is 2. The predicted molar refractivity (Wildman–Crippen MR) is 91.2 cm³/mol. The monoisotopic (exact) mass is 310 g/mol. The maximum Gasteiger partial charge on any atom is 0.251 e. The summed E-state index contributed by atoms with van der Waals surface area (Å²) in [5.41, 5.74) is 3.77. The Labute approximate surface area is 136 Å². The summed E-state index contributed by atoms with van der Waals surface area (Å²) in [6.07, 6.45) is 0. The summed E-state index contributed by atoms with van der Waals surface area (Å²) in [6.45, 7) is 5.83. The second-order valence-corrected chi connectivity index (χ2v) is 5.70. The number of nitrogens with one attached hydrogen (secondary N) is 2. The van der Waals surface area contributed by atoms with Gasteiger partial charge in [0.15, 0.2) is 0 Å². The Bertz CT molecular complexity index is 710. The molecule has 2 aromatic rings. The maximum atomic E-state index is 12.0. The van der Waals surface area contributed by atoms with Gasteiger partial charge in [0.2, 0.25) is 5.91 Å². The number of hydrogen-bond donors (Lipinski definition) is 2. The van der Waals surface area contributed by atoms with Gasteiger partial charge in [0.05, 0.1) is 12.6 Å². The second-order valence-electron chi connectivity index (χ2n) is 5.70. The summed E-state index contributed by atoms with van der Waals surface area (Å²) in [5.74, 6) is -0.450. The highest BCUT2D eigenvalue weighted by Crippen LogP contribution is 2.16. The Morgan fingerprint density at radius 3 is 2.48 bits per heavy atom. The van der Waals surface area contributed by atoms with Crippen LogP contribution < -0.4 is 10.6 Å². The summed E-state index contributed by atoms with van der Waals surface area (Å²) in [7, 11) is 0. The minimum Gasteiger partial charge on any atom is -0.348 e. The van der Waals surface area contributed by atoms with Crippen LogP contribution in [0.15, 0.2) is 48.5 Å². The molecule has 120 valence electrons. The average Bonchev–Trinajstić information content (AvgIpc) is 2.53. The van der Waals surface area contributed by atoms with Crippen LogP contribution in [-0.4, -0.2) is 18.4 Å². The molecule has 0 heterocycles. The third-order valence-corrected chi connectivity index (χ3v) is 3.72. The summed E-state index contributed by atoms with van der Waals surface area (Å²) >= 11 is 0. The van der Waals surface area contributed by atoms with Gasteiger partial charge in [-0.3, -0.25) is 9.59 Å². The van der Waals surface area contributed by atoms with Gasteiger partial charge in [-0.2, -0.15) is 0 Å². The number of rotatable bonds is 5. The van der Waals surface area contributed by atoms with E-state index in [4.69, 9.17) is 0 Å². The van der Waals surface area contributed by atoms with Gasteiger partial charge >= 0.3 is 0 Å². The van der Waals surface area contributed by atoms with Gasteiger partial charge in [-0.25, -0.2) is 0 Å². The average molecular weight is 310 g/mol. The lowest BCUT2D eigenvalue weighted by molar-refractivity contribution is -0.120. The quantitative estimate of drug-likeness (QED) is 0.892. The van der Waals surface area contributed by atoms with Crippen molar-refractivity contribution in [3.05, 3.63) is 70.8 Å². The minimum absolute atomic E-state index is 0.0387. The number of amides is 2. The van der Waals surface area contributed by atoms with E-state index in [0.29, 0.717) is 5.56 Å². The van der Waals surface area contributed by atoms with E-state index < -0.39 is 0 Å². The molecule has 2 aromatic carbocycles. The van der Waals surface area contributed by atoms with Gasteiger partial charge in [-0.15, -0.1) is 0 Å². The lowest BCUT2D eigenvalue weighted by Crippen LogP contribution is -2.38. The molecule has 0 bridgehead atoms. The van der Waals surface area contributed by atoms with Crippen molar-refractivity contribution < 1.29 is 9.59 Å². The van der Waals surface area contributed by atoms with Crippen LogP contribution in [0, 0.1) is 13.8 Å². The van der Waals surface area contributed by atoms with E-state index in [9.17, 15) is 9.59 Å². The molecule has 0 saturated heterocycles. The van der Waals surface area contributed by atoms with Crippen molar-refractivity contribution in [3.8, 4) is 0 Å². The summed E-state index contributed by atoms with van der Waals surface area (Å²) in [4.78, 5) is 24.0. The van der Waals surface area contributed by atoms with Crippen molar-refractivity contribution in [1.82, 2.24) is 10.6 Å². The Morgan fingerprint density at radius 1 is 1.04 bits per heavy atom. The normalized spacial score (nSPS) is 11.6. The molecule has 0 aliphatic rings. The predicted octanol–water partition coefficient (Wildman–Crippen LogP) is 2.91. The zero-order valence-electron chi connectivity index (χ0n) is 13.7. The first-order chi connectivity index (χ1) is 11.0. The molecule has 2 N–H and O–H groups in total. The molecule has 0 spiro atoms. The molecule has 0 saturated carbocycles. The van der Waals surface area contributed by atoms with Crippen molar-refractivity contribution in [1.29, 1.82) is 0 Å². The number of benzene rings is 2. The van der Waals surface area contributed by atoms with Gasteiger partial charge in [0, 0.05) is 5.56 Å². The summed E-state index contributed by atoms with van der Waals surface area (Å²) in [5, 5.41) is 5.55. The largest absolute Gasteiger partial charge is 0.348 e. The molecular weight excluding hydrogens is 288 g/mol. The van der Waals surface area contributed by atoms with Crippen molar-refractivity contribution in [3.63, 3.8) is 0 Å². The zero-order valence-corrected chi connectivity index (χ0v) is 13.7. The van der Waals surface area contributed by atoms with Crippen molar-refractivity contribution >= 4 is 11.8 Å². The van der Waals surface area contributed by atoms with Crippen LogP contribution >= 0.6 is 0 Å². The van der Waals surface area contributed by atoms with Crippen LogP contribution in [0.5, 0.6) is 0 Å². The van der Waals surface area contributed by atoms with Crippen LogP contribution in [0.4, 0.5) is 0 Å². The van der Waals surface area contributed by atoms with Crippen LogP contribution in [0.2, 0.25) is 0 Å². The molecule has 2 amide bonds. The van der Waals surface area contributed by atoms with E-state index >= 15 is 0 Å². The molecule has 1 unspecified atom stereocenters. The van der Waals surface area contributed by atoms with Gasteiger partial charge in [0.25, 0.3) is 5.91 Å². The number of carbonyl (C=O) groups excluding carboxylic acids is 2. The van der Waals surface area contributed by atoms with Crippen molar-refractivity contribution in [2.75, 3.05) is 6.54 Å². The van der Waals surface area contributed by atoms with Crippen molar-refractivity contribution in [2.45, 2.75) is 26.8 Å². The fourth-order valence-corrected chi connectivity index (χ4v) is 2.49. The van der Waals surface area contributed by atoms with E-state index in [1.165, 1.54) is 0 Å². The van der Waals surface area contributed by atoms with Gasteiger partial charge in [0.1, 0.15) is 0 Å². The second kappa shape index (κ2) is 7.58. The van der Waals surface area contributed by atoms with Crippen LogP contribution in [0.1, 0.15) is 40.0 Å². The fourth-order valence-electron chi connectivity index (χ4n) is 2.49. The molecule has 0 aliphatic carbocycles. The van der Waals surface area contributed by atoms with Crippen molar-refractivity contribution in [2.24, 2.45) is 0 Å². The Balaban J connectivity index is 1.88. The summed E-state index contributed by atoms with van der Waals surface area (Å²) < 4.78 is 0.